The third-order valence-electron chi connectivity index (χ3n) is 5.75. The summed E-state index contributed by atoms with van der Waals surface area (Å²) in [5.41, 5.74) is 0.0933. The Balaban J connectivity index is 2.27. The van der Waals surface area contributed by atoms with Gasteiger partial charge in [-0.15, -0.1) is 0 Å². The highest BCUT2D eigenvalue weighted by atomic mass is 32.2. The summed E-state index contributed by atoms with van der Waals surface area (Å²) in [4.78, 5) is 0. The van der Waals surface area contributed by atoms with E-state index in [0.717, 1.165) is 37.5 Å². The van der Waals surface area contributed by atoms with Gasteiger partial charge >= 0.3 is 0 Å². The van der Waals surface area contributed by atoms with Gasteiger partial charge in [-0.25, -0.2) is 0 Å². The zero-order valence-corrected chi connectivity index (χ0v) is 14.4. The minimum atomic E-state index is -3.56. The highest BCUT2D eigenvalue weighted by molar-refractivity contribution is 7.86. The fourth-order valence-electron chi connectivity index (χ4n) is 4.39. The molecule has 2 aliphatic carbocycles. The molecule has 0 heterocycles. The molecule has 0 bridgehead atoms. The van der Waals surface area contributed by atoms with Crippen molar-refractivity contribution in [3.63, 3.8) is 0 Å². The number of fused-ring (bicyclic) bond motifs is 1. The molecule has 0 radical (unpaired) electrons. The van der Waals surface area contributed by atoms with E-state index < -0.39 is 21.8 Å². The van der Waals surface area contributed by atoms with E-state index in [9.17, 15) is 13.5 Å². The molecule has 21 heavy (non-hydrogen) atoms. The molecule has 0 aromatic heterocycles. The van der Waals surface area contributed by atoms with Crippen LogP contribution in [0.3, 0.4) is 0 Å². The Morgan fingerprint density at radius 2 is 1.86 bits per heavy atom. The first-order valence-electron chi connectivity index (χ1n) is 7.72. The largest absolute Gasteiger partial charge is 0.387 e. The maximum Gasteiger partial charge on any atom is 0.264 e. The van der Waals surface area contributed by atoms with Crippen LogP contribution in [0.5, 0.6) is 0 Å². The second-order valence-corrected chi connectivity index (χ2v) is 9.18. The molecule has 4 nitrogen and oxygen atoms in total. The van der Waals surface area contributed by atoms with Crippen LogP contribution in [0.2, 0.25) is 0 Å². The molecule has 0 aromatic carbocycles. The van der Waals surface area contributed by atoms with Crippen molar-refractivity contribution < 1.29 is 17.7 Å². The Morgan fingerprint density at radius 3 is 2.38 bits per heavy atom. The van der Waals surface area contributed by atoms with Gasteiger partial charge in [-0.3, -0.25) is 4.18 Å². The van der Waals surface area contributed by atoms with Crippen LogP contribution >= 0.6 is 0 Å². The van der Waals surface area contributed by atoms with E-state index in [2.05, 4.69) is 13.5 Å². The zero-order valence-electron chi connectivity index (χ0n) is 13.6. The van der Waals surface area contributed by atoms with Crippen molar-refractivity contribution in [3.8, 4) is 0 Å². The maximum absolute atomic E-state index is 11.5. The molecule has 0 aliphatic heterocycles. The highest BCUT2D eigenvalue weighted by Crippen LogP contribution is 2.56. The van der Waals surface area contributed by atoms with Crippen LogP contribution in [0.15, 0.2) is 12.2 Å². The minimum absolute atomic E-state index is 0.0425. The predicted octanol–water partition coefficient (Wildman–Crippen LogP) is 2.87. The van der Waals surface area contributed by atoms with Crippen LogP contribution in [0.1, 0.15) is 52.9 Å². The average molecular weight is 316 g/mol. The molecule has 0 saturated heterocycles. The first-order valence-corrected chi connectivity index (χ1v) is 9.53. The molecule has 1 N–H and O–H groups in total. The smallest absolute Gasteiger partial charge is 0.264 e. The van der Waals surface area contributed by atoms with Crippen molar-refractivity contribution in [2.45, 2.75) is 64.6 Å². The molecule has 0 aromatic rings. The van der Waals surface area contributed by atoms with E-state index in [4.69, 9.17) is 4.18 Å². The molecule has 0 amide bonds. The van der Waals surface area contributed by atoms with E-state index in [1.54, 1.807) is 6.92 Å². The number of hydrogen-bond acceptors (Lipinski definition) is 4. The third kappa shape index (κ3) is 3.35. The molecular formula is C16H28O4S. The normalized spacial score (nSPS) is 44.1. The average Bonchev–Trinajstić information content (AvgIpc) is 2.31. The lowest BCUT2D eigenvalue weighted by Crippen LogP contribution is -2.59. The Hall–Kier alpha value is -0.390. The van der Waals surface area contributed by atoms with E-state index in [-0.39, 0.29) is 11.3 Å². The number of rotatable bonds is 3. The lowest BCUT2D eigenvalue weighted by atomic mass is 9.52. The summed E-state index contributed by atoms with van der Waals surface area (Å²) in [5.74, 6) is 0.451. The molecule has 5 atom stereocenters. The Labute approximate surface area is 128 Å². The number of aliphatic hydroxyl groups is 1. The van der Waals surface area contributed by atoms with E-state index >= 15 is 0 Å². The van der Waals surface area contributed by atoms with Gasteiger partial charge in [0.1, 0.15) is 6.10 Å². The van der Waals surface area contributed by atoms with Gasteiger partial charge in [0.05, 0.1) is 11.9 Å². The topological polar surface area (TPSA) is 63.6 Å². The monoisotopic (exact) mass is 316 g/mol. The first-order chi connectivity index (χ1) is 9.46. The lowest BCUT2D eigenvalue weighted by molar-refractivity contribution is -0.173. The van der Waals surface area contributed by atoms with Gasteiger partial charge in [0.2, 0.25) is 0 Å². The lowest BCUT2D eigenvalue weighted by Gasteiger charge is -2.56. The minimum Gasteiger partial charge on any atom is -0.387 e. The Kier molecular flexibility index (Phi) is 4.33. The van der Waals surface area contributed by atoms with Gasteiger partial charge in [0, 0.05) is 0 Å². The van der Waals surface area contributed by atoms with Crippen LogP contribution in [-0.4, -0.2) is 31.5 Å². The Morgan fingerprint density at radius 1 is 1.29 bits per heavy atom. The van der Waals surface area contributed by atoms with Crippen LogP contribution in [0.4, 0.5) is 0 Å². The zero-order chi connectivity index (χ0) is 16.1. The van der Waals surface area contributed by atoms with Crippen LogP contribution < -0.4 is 0 Å². The maximum atomic E-state index is 11.5. The van der Waals surface area contributed by atoms with Crippen LogP contribution in [0.25, 0.3) is 0 Å². The predicted molar refractivity (Wildman–Crippen MR) is 83.3 cm³/mol. The van der Waals surface area contributed by atoms with E-state index in [1.165, 1.54) is 0 Å². The first kappa shape index (κ1) is 17.0. The molecule has 2 saturated carbocycles. The summed E-state index contributed by atoms with van der Waals surface area (Å²) >= 11 is 0. The van der Waals surface area contributed by atoms with Gasteiger partial charge < -0.3 is 5.11 Å². The number of hydrogen-bond donors (Lipinski definition) is 1. The van der Waals surface area contributed by atoms with Gasteiger partial charge in [-0.2, -0.15) is 8.42 Å². The summed E-state index contributed by atoms with van der Waals surface area (Å²) in [7, 11) is -3.56. The third-order valence-corrected chi connectivity index (χ3v) is 6.33. The van der Waals surface area contributed by atoms with E-state index in [0.29, 0.717) is 12.3 Å². The summed E-state index contributed by atoms with van der Waals surface area (Å²) < 4.78 is 28.1. The molecule has 2 aliphatic rings. The molecule has 2 fully saturated rings. The van der Waals surface area contributed by atoms with E-state index in [1.807, 2.05) is 6.92 Å². The van der Waals surface area contributed by atoms with Crippen LogP contribution in [0, 0.1) is 17.3 Å². The second-order valence-electron chi connectivity index (χ2n) is 7.58. The van der Waals surface area contributed by atoms with Crippen molar-refractivity contribution in [2.24, 2.45) is 17.3 Å². The molecule has 0 spiro atoms. The number of allylic oxidation sites excluding steroid dienone is 1. The second kappa shape index (κ2) is 5.36. The van der Waals surface area contributed by atoms with Crippen molar-refractivity contribution in [2.75, 3.05) is 6.26 Å². The summed E-state index contributed by atoms with van der Waals surface area (Å²) in [6.45, 7) is 10.1. The van der Waals surface area contributed by atoms with Crippen molar-refractivity contribution in [1.82, 2.24) is 0 Å². The molecule has 5 heteroatoms. The standard InChI is InChI=1S/C16H28O4S/c1-11(2)12-6-8-15(3)9-7-14(20-21(5,18)19)16(4,17)13(15)10-12/h12-14,17H,1,6-10H2,2-5H3/t12-,13+,14+,15-,16-/m0/s1. The fraction of sp³-hybridized carbons (Fsp3) is 0.875. The SMILES string of the molecule is C=C(C)[C@H]1CC[C@@]2(C)CC[C@@H](OS(C)(=O)=O)[C@@](C)(O)[C@@H]2C1. The summed E-state index contributed by atoms with van der Waals surface area (Å²) in [6, 6.07) is 0. The van der Waals surface area contributed by atoms with Crippen molar-refractivity contribution in [3.05, 3.63) is 12.2 Å². The molecule has 2 rings (SSSR count). The highest BCUT2D eigenvalue weighted by Gasteiger charge is 2.56. The molecule has 122 valence electrons. The Bertz CT molecular complexity index is 522. The van der Waals surface area contributed by atoms with Crippen molar-refractivity contribution in [1.29, 1.82) is 0 Å². The van der Waals surface area contributed by atoms with Gasteiger partial charge in [-0.05, 0) is 63.2 Å². The molecular weight excluding hydrogens is 288 g/mol. The van der Waals surface area contributed by atoms with Gasteiger partial charge in [0.25, 0.3) is 10.1 Å². The quantitative estimate of drug-likeness (QED) is 0.642. The van der Waals surface area contributed by atoms with Gasteiger partial charge in [-0.1, -0.05) is 19.1 Å². The van der Waals surface area contributed by atoms with Gasteiger partial charge in [0.15, 0.2) is 0 Å². The van der Waals surface area contributed by atoms with Crippen LogP contribution in [-0.2, 0) is 14.3 Å². The summed E-state index contributed by atoms with van der Waals surface area (Å²) in [6.07, 6.45) is 4.92. The summed E-state index contributed by atoms with van der Waals surface area (Å²) in [5, 5.41) is 11.0. The molecule has 0 unspecified atom stereocenters. The fourth-order valence-corrected chi connectivity index (χ4v) is 5.10. The van der Waals surface area contributed by atoms with Crippen molar-refractivity contribution >= 4 is 10.1 Å².